The highest BCUT2D eigenvalue weighted by molar-refractivity contribution is 6.30. The first-order valence-corrected chi connectivity index (χ1v) is 12.4. The number of halogens is 1. The summed E-state index contributed by atoms with van der Waals surface area (Å²) in [6, 6.07) is 21.6. The number of carbonyl (C=O) groups is 2. The third-order valence-electron chi connectivity index (χ3n) is 5.95. The second-order valence-electron chi connectivity index (χ2n) is 8.50. The lowest BCUT2D eigenvalue weighted by Crippen LogP contribution is -2.51. The minimum atomic E-state index is -0.734. The van der Waals surface area contributed by atoms with Crippen molar-refractivity contribution in [2.75, 3.05) is 34.5 Å². The van der Waals surface area contributed by atoms with Crippen LogP contribution in [0.4, 0.5) is 0 Å². The van der Waals surface area contributed by atoms with Crippen molar-refractivity contribution in [2.45, 2.75) is 25.4 Å². The standard InChI is InChI=1S/C29H33ClN2O5/c1-35-16-15-31-29(34)25(17-21-7-5-4-6-8-21)32(20-22-9-12-24(30)13-10-22)28(33)19-23-11-14-26(36-2)27(18-23)37-3/h4-14,18,25H,15-17,19-20H2,1-3H3,(H,31,34)/t25-/m1/s1. The zero-order chi connectivity index (χ0) is 26.6. The number of hydrogen-bond donors (Lipinski definition) is 1. The molecule has 1 N–H and O–H groups in total. The zero-order valence-corrected chi connectivity index (χ0v) is 22.2. The Balaban J connectivity index is 1.95. The molecule has 7 nitrogen and oxygen atoms in total. The summed E-state index contributed by atoms with van der Waals surface area (Å²) in [6.45, 7) is 0.971. The van der Waals surface area contributed by atoms with Crippen molar-refractivity contribution in [3.05, 3.63) is 94.5 Å². The van der Waals surface area contributed by atoms with Crippen molar-refractivity contribution in [2.24, 2.45) is 0 Å². The molecule has 0 aliphatic carbocycles. The molecule has 3 aromatic rings. The van der Waals surface area contributed by atoms with Gasteiger partial charge in [-0.25, -0.2) is 0 Å². The normalized spacial score (nSPS) is 11.5. The van der Waals surface area contributed by atoms with E-state index >= 15 is 0 Å². The van der Waals surface area contributed by atoms with Crippen LogP contribution in [0.5, 0.6) is 11.5 Å². The maximum Gasteiger partial charge on any atom is 0.243 e. The molecule has 0 fully saturated rings. The lowest BCUT2D eigenvalue weighted by molar-refractivity contribution is -0.140. The predicted octanol–water partition coefficient (Wildman–Crippen LogP) is 4.30. The summed E-state index contributed by atoms with van der Waals surface area (Å²) < 4.78 is 15.8. The van der Waals surface area contributed by atoms with Crippen LogP contribution < -0.4 is 14.8 Å². The molecule has 3 aromatic carbocycles. The number of nitrogens with one attached hydrogen (secondary N) is 1. The first kappa shape index (κ1) is 28.0. The van der Waals surface area contributed by atoms with Crippen LogP contribution in [0.15, 0.2) is 72.8 Å². The lowest BCUT2D eigenvalue weighted by Gasteiger charge is -2.32. The highest BCUT2D eigenvalue weighted by Gasteiger charge is 2.30. The molecule has 0 bridgehead atoms. The van der Waals surface area contributed by atoms with Crippen LogP contribution >= 0.6 is 11.6 Å². The van der Waals surface area contributed by atoms with Gasteiger partial charge in [-0.2, -0.15) is 0 Å². The van der Waals surface area contributed by atoms with Crippen LogP contribution in [0.25, 0.3) is 0 Å². The average molecular weight is 525 g/mol. The fraction of sp³-hybridized carbons (Fsp3) is 0.310. The Morgan fingerprint density at radius 3 is 2.19 bits per heavy atom. The van der Waals surface area contributed by atoms with Gasteiger partial charge >= 0.3 is 0 Å². The number of rotatable bonds is 13. The summed E-state index contributed by atoms with van der Waals surface area (Å²) in [5, 5.41) is 3.52. The summed E-state index contributed by atoms with van der Waals surface area (Å²) in [4.78, 5) is 28.9. The number of carbonyl (C=O) groups excluding carboxylic acids is 2. The topological polar surface area (TPSA) is 77.1 Å². The van der Waals surface area contributed by atoms with E-state index < -0.39 is 6.04 Å². The van der Waals surface area contributed by atoms with E-state index in [4.69, 9.17) is 25.8 Å². The van der Waals surface area contributed by atoms with E-state index in [0.717, 1.165) is 16.7 Å². The van der Waals surface area contributed by atoms with E-state index in [1.807, 2.05) is 48.5 Å². The molecule has 0 saturated carbocycles. The predicted molar refractivity (Wildman–Crippen MR) is 144 cm³/mol. The van der Waals surface area contributed by atoms with Gasteiger partial charge in [-0.1, -0.05) is 60.1 Å². The second kappa shape index (κ2) is 14.3. The molecule has 0 aliphatic heterocycles. The SMILES string of the molecule is COCCNC(=O)[C@@H](Cc1ccccc1)N(Cc1ccc(Cl)cc1)C(=O)Cc1ccc(OC)c(OC)c1. The fourth-order valence-electron chi connectivity index (χ4n) is 4.00. The number of hydrogen-bond acceptors (Lipinski definition) is 5. The largest absolute Gasteiger partial charge is 0.493 e. The molecule has 0 spiro atoms. The van der Waals surface area contributed by atoms with Gasteiger partial charge in [0.15, 0.2) is 11.5 Å². The van der Waals surface area contributed by atoms with Crippen molar-refractivity contribution in [1.29, 1.82) is 0 Å². The summed E-state index contributed by atoms with van der Waals surface area (Å²) in [5.41, 5.74) is 2.57. The molecule has 0 unspecified atom stereocenters. The number of ether oxygens (including phenoxy) is 3. The maximum absolute atomic E-state index is 13.8. The minimum absolute atomic E-state index is 0.0879. The molecule has 37 heavy (non-hydrogen) atoms. The van der Waals surface area contributed by atoms with E-state index in [2.05, 4.69) is 5.32 Å². The first-order chi connectivity index (χ1) is 17.9. The van der Waals surface area contributed by atoms with Gasteiger partial charge in [-0.05, 0) is 41.0 Å². The molecule has 0 heterocycles. The number of benzene rings is 3. The molecule has 1 atom stereocenters. The van der Waals surface area contributed by atoms with Gasteiger partial charge in [0, 0.05) is 31.6 Å². The summed E-state index contributed by atoms with van der Waals surface area (Å²) in [6.07, 6.45) is 0.454. The van der Waals surface area contributed by atoms with E-state index in [0.29, 0.717) is 36.1 Å². The highest BCUT2D eigenvalue weighted by Crippen LogP contribution is 2.28. The van der Waals surface area contributed by atoms with Crippen LogP contribution in [0.1, 0.15) is 16.7 Å². The minimum Gasteiger partial charge on any atom is -0.493 e. The van der Waals surface area contributed by atoms with Crippen molar-refractivity contribution >= 4 is 23.4 Å². The summed E-state index contributed by atoms with van der Waals surface area (Å²) >= 11 is 6.08. The van der Waals surface area contributed by atoms with Crippen molar-refractivity contribution in [3.63, 3.8) is 0 Å². The van der Waals surface area contributed by atoms with E-state index in [-0.39, 0.29) is 24.8 Å². The monoisotopic (exact) mass is 524 g/mol. The Hall–Kier alpha value is -3.55. The highest BCUT2D eigenvalue weighted by atomic mass is 35.5. The summed E-state index contributed by atoms with van der Waals surface area (Å²) in [5.74, 6) is 0.687. The Morgan fingerprint density at radius 1 is 0.865 bits per heavy atom. The second-order valence-corrected chi connectivity index (χ2v) is 8.94. The molecule has 0 aliphatic rings. The van der Waals surface area contributed by atoms with Crippen LogP contribution in [0.3, 0.4) is 0 Å². The van der Waals surface area contributed by atoms with Gasteiger partial charge in [-0.15, -0.1) is 0 Å². The summed E-state index contributed by atoms with van der Waals surface area (Å²) in [7, 11) is 4.69. The number of nitrogens with zero attached hydrogens (tertiary/aromatic N) is 1. The van der Waals surface area contributed by atoms with E-state index in [9.17, 15) is 9.59 Å². The Morgan fingerprint density at radius 2 is 1.54 bits per heavy atom. The molecular weight excluding hydrogens is 492 g/mol. The first-order valence-electron chi connectivity index (χ1n) is 12.0. The third-order valence-corrected chi connectivity index (χ3v) is 6.20. The molecular formula is C29H33ClN2O5. The molecule has 0 aromatic heterocycles. The van der Waals surface area contributed by atoms with Crippen LogP contribution in [-0.2, 0) is 33.7 Å². The molecule has 3 rings (SSSR count). The quantitative estimate of drug-likeness (QED) is 0.337. The van der Waals surface area contributed by atoms with Gasteiger partial charge < -0.3 is 24.4 Å². The Bertz CT molecular complexity index is 1150. The molecule has 0 radical (unpaired) electrons. The van der Waals surface area contributed by atoms with Gasteiger partial charge in [0.05, 0.1) is 27.2 Å². The average Bonchev–Trinajstić information content (AvgIpc) is 2.92. The van der Waals surface area contributed by atoms with Crippen molar-refractivity contribution < 1.29 is 23.8 Å². The molecule has 196 valence electrons. The van der Waals surface area contributed by atoms with Crippen molar-refractivity contribution in [1.82, 2.24) is 10.2 Å². The van der Waals surface area contributed by atoms with Gasteiger partial charge in [0.25, 0.3) is 0 Å². The lowest BCUT2D eigenvalue weighted by atomic mass is 10.0. The van der Waals surface area contributed by atoms with Crippen molar-refractivity contribution in [3.8, 4) is 11.5 Å². The van der Waals surface area contributed by atoms with Crippen LogP contribution in [-0.4, -0.2) is 57.2 Å². The maximum atomic E-state index is 13.8. The Kier molecular flexibility index (Phi) is 10.8. The van der Waals surface area contributed by atoms with Crippen LogP contribution in [0.2, 0.25) is 5.02 Å². The molecule has 0 saturated heterocycles. The van der Waals surface area contributed by atoms with Gasteiger partial charge in [-0.3, -0.25) is 9.59 Å². The number of methoxy groups -OCH3 is 3. The Labute approximate surface area is 223 Å². The third kappa shape index (κ3) is 8.23. The molecule has 2 amide bonds. The van der Waals surface area contributed by atoms with Gasteiger partial charge in [0.2, 0.25) is 11.8 Å². The fourth-order valence-corrected chi connectivity index (χ4v) is 4.13. The zero-order valence-electron chi connectivity index (χ0n) is 21.4. The van der Waals surface area contributed by atoms with E-state index in [1.54, 1.807) is 50.5 Å². The van der Waals surface area contributed by atoms with Crippen LogP contribution in [0, 0.1) is 0 Å². The molecule has 8 heteroatoms. The smallest absolute Gasteiger partial charge is 0.243 e. The number of amides is 2. The van der Waals surface area contributed by atoms with Gasteiger partial charge in [0.1, 0.15) is 6.04 Å². The van der Waals surface area contributed by atoms with E-state index in [1.165, 1.54) is 0 Å².